The molecule has 29 heavy (non-hydrogen) atoms. The Labute approximate surface area is 172 Å². The molecule has 0 atom stereocenters. The molecule has 0 unspecified atom stereocenters. The first-order valence-electron chi connectivity index (χ1n) is 9.07. The van der Waals surface area contributed by atoms with Gasteiger partial charge in [0, 0.05) is 26.0 Å². The molecule has 9 heteroatoms. The van der Waals surface area contributed by atoms with E-state index in [9.17, 15) is 18.4 Å². The van der Waals surface area contributed by atoms with Gasteiger partial charge >= 0.3 is 0 Å². The number of aryl methyl sites for hydroxylation is 1. The van der Waals surface area contributed by atoms with Gasteiger partial charge in [-0.2, -0.15) is 0 Å². The van der Waals surface area contributed by atoms with Crippen LogP contribution in [0.3, 0.4) is 0 Å². The second kappa shape index (κ2) is 9.28. The van der Waals surface area contributed by atoms with Crippen molar-refractivity contribution in [3.05, 3.63) is 58.2 Å². The number of pyridine rings is 1. The predicted octanol–water partition coefficient (Wildman–Crippen LogP) is 3.10. The van der Waals surface area contributed by atoms with Crippen molar-refractivity contribution in [3.63, 3.8) is 0 Å². The van der Waals surface area contributed by atoms with Gasteiger partial charge in [0.1, 0.15) is 18.9 Å². The summed E-state index contributed by atoms with van der Waals surface area (Å²) >= 11 is 5.86. The van der Waals surface area contributed by atoms with Gasteiger partial charge in [0.05, 0.1) is 5.02 Å². The quantitative estimate of drug-likeness (QED) is 0.761. The molecule has 2 aromatic rings. The van der Waals surface area contributed by atoms with E-state index in [4.69, 9.17) is 16.3 Å². The van der Waals surface area contributed by atoms with Crippen LogP contribution in [0.25, 0.3) is 0 Å². The lowest BCUT2D eigenvalue weighted by molar-refractivity contribution is -0.138. The largest absolute Gasteiger partial charge is 0.381 e. The van der Waals surface area contributed by atoms with Crippen LogP contribution < -0.4 is 4.90 Å². The number of amides is 2. The molecule has 2 saturated heterocycles. The molecule has 0 radical (unpaired) electrons. The molecule has 0 bridgehead atoms. The minimum atomic E-state index is -0.990. The third-order valence-electron chi connectivity index (χ3n) is 4.48. The Kier molecular flexibility index (Phi) is 6.76. The Balaban J connectivity index is 0.000000536. The van der Waals surface area contributed by atoms with Crippen molar-refractivity contribution in [2.24, 2.45) is 0 Å². The van der Waals surface area contributed by atoms with Crippen molar-refractivity contribution in [1.82, 2.24) is 9.88 Å². The van der Waals surface area contributed by atoms with Gasteiger partial charge in [-0.3, -0.25) is 14.5 Å². The van der Waals surface area contributed by atoms with Gasteiger partial charge < -0.3 is 9.64 Å². The molecule has 3 heterocycles. The Hall–Kier alpha value is -2.58. The number of hydrogen-bond acceptors (Lipinski definition) is 4. The molecule has 0 spiro atoms. The smallest absolute Gasteiger partial charge is 0.248 e. The summed E-state index contributed by atoms with van der Waals surface area (Å²) in [5.74, 6) is -2.17. The van der Waals surface area contributed by atoms with E-state index in [1.54, 1.807) is 13.0 Å². The standard InChI is InChI=1S/C17H14ClF2N3O2.C3H6O/c1-10-4-12(18)6-21-17(10)23-9-15(24)22(8-16(23)25)7-11-2-3-13(19)14(20)5-11;1-2-4-3-1/h2-6H,7-9H2,1H3;1-3H2. The summed E-state index contributed by atoms with van der Waals surface area (Å²) in [5, 5.41) is 0.442. The van der Waals surface area contributed by atoms with Gasteiger partial charge in [-0.15, -0.1) is 0 Å². The number of rotatable bonds is 3. The third kappa shape index (κ3) is 5.27. The Morgan fingerprint density at radius 2 is 1.79 bits per heavy atom. The number of hydrogen-bond donors (Lipinski definition) is 0. The first-order valence-corrected chi connectivity index (χ1v) is 9.45. The topological polar surface area (TPSA) is 62.7 Å². The highest BCUT2D eigenvalue weighted by atomic mass is 35.5. The van der Waals surface area contributed by atoms with E-state index in [1.807, 2.05) is 0 Å². The van der Waals surface area contributed by atoms with E-state index < -0.39 is 11.6 Å². The van der Waals surface area contributed by atoms with Crippen molar-refractivity contribution in [2.75, 3.05) is 31.2 Å². The Morgan fingerprint density at radius 1 is 1.10 bits per heavy atom. The molecule has 1 aromatic carbocycles. The fourth-order valence-electron chi connectivity index (χ4n) is 2.82. The molecule has 6 nitrogen and oxygen atoms in total. The van der Waals surface area contributed by atoms with E-state index in [-0.39, 0.29) is 31.4 Å². The van der Waals surface area contributed by atoms with E-state index in [1.165, 1.54) is 28.5 Å². The van der Waals surface area contributed by atoms with Crippen LogP contribution in [0, 0.1) is 18.6 Å². The van der Waals surface area contributed by atoms with Gasteiger partial charge in [0.25, 0.3) is 0 Å². The zero-order valence-electron chi connectivity index (χ0n) is 15.8. The normalized spacial score (nSPS) is 16.3. The second-order valence-corrected chi connectivity index (χ2v) is 7.17. The summed E-state index contributed by atoms with van der Waals surface area (Å²) in [6, 6.07) is 5.06. The number of anilines is 1. The number of benzene rings is 1. The molecule has 4 rings (SSSR count). The molecule has 154 valence electrons. The van der Waals surface area contributed by atoms with Crippen LogP contribution in [0.15, 0.2) is 30.5 Å². The van der Waals surface area contributed by atoms with E-state index in [0.717, 1.165) is 25.3 Å². The van der Waals surface area contributed by atoms with Gasteiger partial charge in [-0.05, 0) is 42.7 Å². The summed E-state index contributed by atoms with van der Waals surface area (Å²) in [6.07, 6.45) is 2.69. The molecule has 2 amide bonds. The predicted molar refractivity (Wildman–Crippen MR) is 104 cm³/mol. The van der Waals surface area contributed by atoms with Crippen LogP contribution >= 0.6 is 11.6 Å². The lowest BCUT2D eigenvalue weighted by Crippen LogP contribution is -2.54. The Bertz CT molecular complexity index is 918. The van der Waals surface area contributed by atoms with Crippen molar-refractivity contribution < 1.29 is 23.1 Å². The zero-order valence-corrected chi connectivity index (χ0v) is 16.6. The third-order valence-corrected chi connectivity index (χ3v) is 4.69. The zero-order chi connectivity index (χ0) is 21.0. The molecule has 0 saturated carbocycles. The van der Waals surface area contributed by atoms with Crippen LogP contribution in [0.4, 0.5) is 14.6 Å². The average Bonchev–Trinajstić information content (AvgIpc) is 2.60. The van der Waals surface area contributed by atoms with Gasteiger partial charge in [-0.1, -0.05) is 17.7 Å². The second-order valence-electron chi connectivity index (χ2n) is 6.74. The van der Waals surface area contributed by atoms with Crippen LogP contribution in [0.5, 0.6) is 0 Å². The number of piperazine rings is 1. The Morgan fingerprint density at radius 3 is 2.38 bits per heavy atom. The van der Waals surface area contributed by atoms with Crippen molar-refractivity contribution in [2.45, 2.75) is 19.9 Å². The molecule has 2 fully saturated rings. The van der Waals surface area contributed by atoms with Crippen LogP contribution in [0.1, 0.15) is 17.5 Å². The molecule has 1 aromatic heterocycles. The molecule has 2 aliphatic heterocycles. The minimum Gasteiger partial charge on any atom is -0.381 e. The van der Waals surface area contributed by atoms with Gasteiger partial charge in [0.2, 0.25) is 11.8 Å². The fraction of sp³-hybridized carbons (Fsp3) is 0.350. The molecule has 2 aliphatic rings. The summed E-state index contributed by atoms with van der Waals surface area (Å²) < 4.78 is 31.0. The molecule has 0 aliphatic carbocycles. The van der Waals surface area contributed by atoms with Gasteiger partial charge in [0.15, 0.2) is 11.6 Å². The van der Waals surface area contributed by atoms with Crippen LogP contribution in [0.2, 0.25) is 5.02 Å². The molecular formula is C20H20ClF2N3O3. The SMILES string of the molecule is C1COC1.Cc1cc(Cl)cnc1N1CC(=O)N(Cc2ccc(F)c(F)c2)CC1=O. The van der Waals surface area contributed by atoms with Gasteiger partial charge in [-0.25, -0.2) is 13.8 Å². The van der Waals surface area contributed by atoms with Crippen LogP contribution in [-0.2, 0) is 20.9 Å². The summed E-state index contributed by atoms with van der Waals surface area (Å²) in [6.45, 7) is 3.45. The lowest BCUT2D eigenvalue weighted by Gasteiger charge is -2.34. The monoisotopic (exact) mass is 423 g/mol. The summed E-state index contributed by atoms with van der Waals surface area (Å²) in [7, 11) is 0. The van der Waals surface area contributed by atoms with E-state index in [0.29, 0.717) is 22.0 Å². The van der Waals surface area contributed by atoms with Crippen molar-refractivity contribution in [3.8, 4) is 0 Å². The lowest BCUT2D eigenvalue weighted by atomic mass is 10.1. The maximum Gasteiger partial charge on any atom is 0.248 e. The average molecular weight is 424 g/mol. The molecular weight excluding hydrogens is 404 g/mol. The maximum absolute atomic E-state index is 13.3. The van der Waals surface area contributed by atoms with Crippen LogP contribution in [-0.4, -0.2) is 48.0 Å². The molecule has 0 N–H and O–H groups in total. The first kappa shape index (κ1) is 21.1. The summed E-state index contributed by atoms with van der Waals surface area (Å²) in [5.41, 5.74) is 1.09. The number of carbonyl (C=O) groups is 2. The highest BCUT2D eigenvalue weighted by Gasteiger charge is 2.32. The minimum absolute atomic E-state index is 0.0304. The number of nitrogens with zero attached hydrogens (tertiary/aromatic N) is 3. The number of halogens is 3. The summed E-state index contributed by atoms with van der Waals surface area (Å²) in [4.78, 5) is 31.5. The maximum atomic E-state index is 13.3. The number of aromatic nitrogens is 1. The number of ether oxygens (including phenoxy) is 1. The number of carbonyl (C=O) groups excluding carboxylic acids is 2. The highest BCUT2D eigenvalue weighted by Crippen LogP contribution is 2.23. The first-order chi connectivity index (χ1) is 13.8. The van der Waals surface area contributed by atoms with Crippen molar-refractivity contribution in [1.29, 1.82) is 0 Å². The van der Waals surface area contributed by atoms with E-state index in [2.05, 4.69) is 4.98 Å². The fourth-order valence-corrected chi connectivity index (χ4v) is 3.03. The highest BCUT2D eigenvalue weighted by molar-refractivity contribution is 6.30. The van der Waals surface area contributed by atoms with Crippen molar-refractivity contribution >= 4 is 29.2 Å². The van der Waals surface area contributed by atoms with E-state index >= 15 is 0 Å².